The average molecular weight is 306 g/mol. The molecule has 1 N–H and O–H groups in total. The van der Waals surface area contributed by atoms with Crippen molar-refractivity contribution in [2.45, 2.75) is 71.9 Å². The smallest absolute Gasteiger partial charge is 0.325 e. The highest BCUT2D eigenvalue weighted by Gasteiger charge is 2.39. The molecule has 4 nitrogen and oxygen atoms in total. The lowest BCUT2D eigenvalue weighted by molar-refractivity contribution is -0.118. The zero-order chi connectivity index (χ0) is 15.3. The number of carbonyl (C=O) groups is 1. The Morgan fingerprint density at radius 2 is 1.68 bits per heavy atom. The summed E-state index contributed by atoms with van der Waals surface area (Å²) in [6.07, 6.45) is 0.906. The third-order valence-corrected chi connectivity index (χ3v) is 8.71. The zero-order valence-electron chi connectivity index (χ0n) is 13.8. The maximum absolute atomic E-state index is 10.9. The molecule has 0 radical (unpaired) electrons. The Kier molecular flexibility index (Phi) is 6.95. The second kappa shape index (κ2) is 7.01. The van der Waals surface area contributed by atoms with E-state index in [1.54, 1.807) is 6.92 Å². The molecule has 0 aromatic rings. The molecule has 0 fully saturated rings. The Morgan fingerprint density at radius 1 is 1.16 bits per heavy atom. The molecule has 0 bridgehead atoms. The van der Waals surface area contributed by atoms with Gasteiger partial charge in [0.15, 0.2) is 8.32 Å². The van der Waals surface area contributed by atoms with Gasteiger partial charge in [0.1, 0.15) is 0 Å². The number of carbonyl (C=O) groups excluding carboxylic acids is 1. The zero-order valence-corrected chi connectivity index (χ0v) is 15.8. The molecule has 0 aliphatic carbocycles. The molecule has 0 aromatic heterocycles. The Bertz CT molecular complexity index is 279. The fourth-order valence-corrected chi connectivity index (χ4v) is 10.1. The van der Waals surface area contributed by atoms with Crippen LogP contribution in [0.5, 0.6) is 0 Å². The van der Waals surface area contributed by atoms with E-state index >= 15 is 0 Å². The van der Waals surface area contributed by atoms with Gasteiger partial charge < -0.3 is 13.9 Å². The van der Waals surface area contributed by atoms with Crippen LogP contribution in [0.2, 0.25) is 32.2 Å². The number of amides is 1. The maximum atomic E-state index is 10.9. The van der Waals surface area contributed by atoms with Gasteiger partial charge in [-0.3, -0.25) is 4.79 Å². The highest BCUT2D eigenvalue weighted by atomic mass is 28.4. The summed E-state index contributed by atoms with van der Waals surface area (Å²) in [5.41, 5.74) is -0.186. The highest BCUT2D eigenvalue weighted by Crippen LogP contribution is 2.26. The second-order valence-electron chi connectivity index (χ2n) is 7.15. The van der Waals surface area contributed by atoms with Crippen molar-refractivity contribution in [3.63, 3.8) is 0 Å². The number of nitrogens with one attached hydrogen (secondary N) is 1. The van der Waals surface area contributed by atoms with Crippen molar-refractivity contribution < 1.29 is 13.3 Å². The molecule has 1 atom stereocenters. The predicted molar refractivity (Wildman–Crippen MR) is 85.0 cm³/mol. The molecule has 19 heavy (non-hydrogen) atoms. The molecule has 0 aliphatic heterocycles. The molecule has 0 aromatic carbocycles. The van der Waals surface area contributed by atoms with E-state index in [-0.39, 0.29) is 11.5 Å². The van der Waals surface area contributed by atoms with E-state index in [0.717, 1.165) is 12.5 Å². The minimum absolute atomic E-state index is 0.0197. The highest BCUT2D eigenvalue weighted by molar-refractivity contribution is 6.81. The van der Waals surface area contributed by atoms with Gasteiger partial charge >= 0.3 is 8.56 Å². The second-order valence-corrected chi connectivity index (χ2v) is 15.2. The lowest BCUT2D eigenvalue weighted by Crippen LogP contribution is -2.51. The molecule has 0 saturated heterocycles. The van der Waals surface area contributed by atoms with Gasteiger partial charge in [-0.25, -0.2) is 0 Å². The van der Waals surface area contributed by atoms with Crippen LogP contribution < -0.4 is 5.32 Å². The van der Waals surface area contributed by atoms with Crippen molar-refractivity contribution in [2.75, 3.05) is 6.54 Å². The summed E-state index contributed by atoms with van der Waals surface area (Å²) in [4.78, 5) is 10.9. The van der Waals surface area contributed by atoms with Crippen LogP contribution in [0.1, 0.15) is 34.1 Å². The van der Waals surface area contributed by atoms with Crippen molar-refractivity contribution in [1.82, 2.24) is 5.32 Å². The van der Waals surface area contributed by atoms with E-state index in [1.165, 1.54) is 0 Å². The minimum atomic E-state index is -2.18. The van der Waals surface area contributed by atoms with Crippen LogP contribution in [0.3, 0.4) is 0 Å². The van der Waals surface area contributed by atoms with E-state index in [0.29, 0.717) is 6.54 Å². The molecule has 1 unspecified atom stereocenters. The van der Waals surface area contributed by atoms with Gasteiger partial charge in [-0.1, -0.05) is 0 Å². The van der Waals surface area contributed by atoms with Gasteiger partial charge in [-0.2, -0.15) is 0 Å². The molecule has 0 heterocycles. The lowest BCUT2D eigenvalue weighted by atomic mass is 10.2. The average Bonchev–Trinajstić information content (AvgIpc) is 2.05. The Labute approximate surface area is 120 Å². The van der Waals surface area contributed by atoms with E-state index in [2.05, 4.69) is 52.3 Å². The van der Waals surface area contributed by atoms with Crippen molar-refractivity contribution in [3.8, 4) is 0 Å². The van der Waals surface area contributed by atoms with E-state index in [4.69, 9.17) is 8.54 Å². The first-order valence-corrected chi connectivity index (χ1v) is 12.9. The summed E-state index contributed by atoms with van der Waals surface area (Å²) in [5, 5.41) is 2.83. The van der Waals surface area contributed by atoms with Gasteiger partial charge in [-0.15, -0.1) is 0 Å². The van der Waals surface area contributed by atoms with Crippen LogP contribution in [-0.4, -0.2) is 34.9 Å². The summed E-state index contributed by atoms with van der Waals surface area (Å²) < 4.78 is 12.6. The van der Waals surface area contributed by atoms with Crippen molar-refractivity contribution in [3.05, 3.63) is 0 Å². The van der Waals surface area contributed by atoms with Gasteiger partial charge in [0.25, 0.3) is 0 Å². The summed E-state index contributed by atoms with van der Waals surface area (Å²) >= 11 is 0. The van der Waals surface area contributed by atoms with Crippen LogP contribution in [0.25, 0.3) is 0 Å². The molecule has 0 rings (SSSR count). The molecular weight excluding hydrogens is 274 g/mol. The molecule has 6 heteroatoms. The van der Waals surface area contributed by atoms with Crippen LogP contribution in [-0.2, 0) is 13.3 Å². The van der Waals surface area contributed by atoms with Gasteiger partial charge in [0.2, 0.25) is 5.91 Å². The molecule has 0 spiro atoms. The predicted octanol–water partition coefficient (Wildman–Crippen LogP) is 3.25. The van der Waals surface area contributed by atoms with Gasteiger partial charge in [0.05, 0.1) is 5.60 Å². The lowest BCUT2D eigenvalue weighted by Gasteiger charge is -2.38. The largest absolute Gasteiger partial charge is 0.436 e. The van der Waals surface area contributed by atoms with Crippen LogP contribution in [0.15, 0.2) is 0 Å². The first kappa shape index (κ1) is 18.8. The number of rotatable bonds is 7. The van der Waals surface area contributed by atoms with E-state index in [9.17, 15) is 4.79 Å². The van der Waals surface area contributed by atoms with E-state index < -0.39 is 16.9 Å². The fourth-order valence-electron chi connectivity index (χ4n) is 2.09. The summed E-state index contributed by atoms with van der Waals surface area (Å²) in [6.45, 7) is 17.2. The molecule has 0 saturated carbocycles. The van der Waals surface area contributed by atoms with Crippen molar-refractivity contribution >= 4 is 22.8 Å². The monoisotopic (exact) mass is 305 g/mol. The Morgan fingerprint density at radius 3 is 2.05 bits per heavy atom. The first-order valence-electron chi connectivity index (χ1n) is 6.98. The van der Waals surface area contributed by atoms with Crippen LogP contribution >= 0.6 is 0 Å². The standard InChI is InChI=1S/C13H31NO3Si2/c1-12(15)14-10-9-11-19(8,16-13(2,3)4)17-18(5,6)7/h9-11H2,1-8H3,(H,14,15). The molecular formula is C13H31NO3Si2. The minimum Gasteiger partial charge on any atom is -0.436 e. The third kappa shape index (κ3) is 11.4. The quantitative estimate of drug-likeness (QED) is 0.580. The SMILES string of the molecule is CC(=O)NCCC[Si](C)(OC(C)(C)C)O[Si](C)(C)C. The number of hydrogen-bond donors (Lipinski definition) is 1. The Hall–Kier alpha value is -0.176. The maximum Gasteiger partial charge on any atom is 0.325 e. The summed E-state index contributed by atoms with van der Waals surface area (Å²) in [7, 11) is -3.81. The van der Waals surface area contributed by atoms with E-state index in [1.807, 2.05) is 0 Å². The van der Waals surface area contributed by atoms with Gasteiger partial charge in [-0.05, 0) is 59.4 Å². The van der Waals surface area contributed by atoms with Crippen LogP contribution in [0, 0.1) is 0 Å². The molecule has 1 amide bonds. The van der Waals surface area contributed by atoms with Crippen LogP contribution in [0.4, 0.5) is 0 Å². The summed E-state index contributed by atoms with van der Waals surface area (Å²) in [6, 6.07) is 0.912. The molecule has 0 aliphatic rings. The normalized spacial score (nSPS) is 16.0. The fraction of sp³-hybridized carbons (Fsp3) is 0.923. The summed E-state index contributed by atoms with van der Waals surface area (Å²) in [5.74, 6) is 0.0197. The first-order chi connectivity index (χ1) is 8.33. The Balaban J connectivity index is 4.54. The third-order valence-electron chi connectivity index (χ3n) is 2.23. The number of hydrogen-bond acceptors (Lipinski definition) is 3. The van der Waals surface area contributed by atoms with Crippen molar-refractivity contribution in [1.29, 1.82) is 0 Å². The topological polar surface area (TPSA) is 47.6 Å². The molecule has 114 valence electrons. The van der Waals surface area contributed by atoms with Gasteiger partial charge in [0, 0.05) is 13.5 Å². The van der Waals surface area contributed by atoms with Crippen molar-refractivity contribution in [2.24, 2.45) is 0 Å².